The van der Waals surface area contributed by atoms with Gasteiger partial charge in [0.05, 0.1) is 21.2 Å². The number of aromatic nitrogens is 1. The number of thiazole rings is 1. The quantitative estimate of drug-likeness (QED) is 0.677. The first-order valence-corrected chi connectivity index (χ1v) is 9.75. The summed E-state index contributed by atoms with van der Waals surface area (Å²) in [6.45, 7) is 1.84. The summed E-state index contributed by atoms with van der Waals surface area (Å²) in [6.07, 6.45) is -4.77. The fraction of sp³-hybridized carbons (Fsp3) is 0.118. The number of rotatable bonds is 4. The van der Waals surface area contributed by atoms with Crippen LogP contribution < -0.4 is 4.72 Å². The first-order valence-electron chi connectivity index (χ1n) is 7.38. The Kier molecular flexibility index (Phi) is 4.76. The highest BCUT2D eigenvalue weighted by Crippen LogP contribution is 2.35. The molecule has 0 fully saturated rings. The summed E-state index contributed by atoms with van der Waals surface area (Å²) in [6, 6.07) is 10.4. The number of halogens is 3. The van der Waals surface area contributed by atoms with E-state index < -0.39 is 26.7 Å². The molecule has 1 aromatic heterocycles. The average Bonchev–Trinajstić information content (AvgIpc) is 3.00. The van der Waals surface area contributed by atoms with Crippen LogP contribution in [-0.4, -0.2) is 13.4 Å². The van der Waals surface area contributed by atoms with Crippen LogP contribution in [0.25, 0.3) is 11.3 Å². The molecule has 0 unspecified atom stereocenters. The first kappa shape index (κ1) is 18.4. The molecule has 0 aliphatic rings. The Bertz CT molecular complexity index is 1040. The van der Waals surface area contributed by atoms with Gasteiger partial charge in [-0.3, -0.25) is 4.72 Å². The highest BCUT2D eigenvalue weighted by atomic mass is 32.2. The van der Waals surface area contributed by atoms with Crippen LogP contribution in [-0.2, 0) is 16.2 Å². The molecule has 0 aliphatic heterocycles. The summed E-state index contributed by atoms with van der Waals surface area (Å²) in [5.41, 5.74) is 0.284. The smallest absolute Gasteiger partial charge is 0.280 e. The number of hydrogen-bond donors (Lipinski definition) is 1. The maximum absolute atomic E-state index is 13.1. The number of hydrogen-bond acceptors (Lipinski definition) is 4. The van der Waals surface area contributed by atoms with Gasteiger partial charge in [-0.1, -0.05) is 24.3 Å². The van der Waals surface area contributed by atoms with Gasteiger partial charge < -0.3 is 0 Å². The van der Waals surface area contributed by atoms with Crippen molar-refractivity contribution >= 4 is 27.0 Å². The Balaban J connectivity index is 1.97. The van der Waals surface area contributed by atoms with Gasteiger partial charge >= 0.3 is 6.18 Å². The van der Waals surface area contributed by atoms with Crippen molar-refractivity contribution in [1.29, 1.82) is 0 Å². The van der Waals surface area contributed by atoms with Crippen molar-refractivity contribution in [2.75, 3.05) is 4.72 Å². The van der Waals surface area contributed by atoms with Crippen LogP contribution in [0.15, 0.2) is 58.8 Å². The van der Waals surface area contributed by atoms with Crippen LogP contribution in [0, 0.1) is 6.92 Å². The van der Waals surface area contributed by atoms with Gasteiger partial charge in [-0.15, -0.1) is 11.3 Å². The summed E-state index contributed by atoms with van der Waals surface area (Å²) in [5, 5.41) is 2.67. The Labute approximate surface area is 152 Å². The van der Waals surface area contributed by atoms with E-state index >= 15 is 0 Å². The monoisotopic (exact) mass is 398 g/mol. The van der Waals surface area contributed by atoms with Crippen molar-refractivity contribution in [3.63, 3.8) is 0 Å². The Morgan fingerprint density at radius 1 is 1.08 bits per heavy atom. The van der Waals surface area contributed by atoms with Crippen LogP contribution in [0.3, 0.4) is 0 Å². The van der Waals surface area contributed by atoms with Gasteiger partial charge in [-0.05, 0) is 31.2 Å². The highest BCUT2D eigenvalue weighted by molar-refractivity contribution is 7.92. The molecule has 1 N–H and O–H groups in total. The lowest BCUT2D eigenvalue weighted by Crippen LogP contribution is -2.18. The summed E-state index contributed by atoms with van der Waals surface area (Å²) >= 11 is 1.45. The zero-order valence-electron chi connectivity index (χ0n) is 13.4. The second-order valence-corrected chi connectivity index (χ2v) is 8.15. The third-order valence-corrected chi connectivity index (χ3v) is 5.72. The average molecular weight is 398 g/mol. The highest BCUT2D eigenvalue weighted by Gasteiger charge is 2.36. The van der Waals surface area contributed by atoms with E-state index in [9.17, 15) is 21.6 Å². The zero-order chi connectivity index (χ0) is 18.9. The molecule has 0 saturated carbocycles. The number of nitrogens with zero attached hydrogens (tertiary/aromatic N) is 1. The summed E-state index contributed by atoms with van der Waals surface area (Å²) in [4.78, 5) is 3.50. The van der Waals surface area contributed by atoms with Crippen molar-refractivity contribution in [3.8, 4) is 11.3 Å². The molecule has 0 spiro atoms. The van der Waals surface area contributed by atoms with Crippen LogP contribution in [0.4, 0.5) is 18.9 Å². The number of sulfonamides is 1. The van der Waals surface area contributed by atoms with Crippen molar-refractivity contribution in [2.24, 2.45) is 0 Å². The molecule has 0 radical (unpaired) electrons. The Morgan fingerprint density at radius 2 is 1.81 bits per heavy atom. The van der Waals surface area contributed by atoms with Crippen LogP contribution in [0.5, 0.6) is 0 Å². The van der Waals surface area contributed by atoms with Crippen molar-refractivity contribution in [3.05, 3.63) is 64.5 Å². The van der Waals surface area contributed by atoms with Crippen LogP contribution >= 0.6 is 11.3 Å². The lowest BCUT2D eigenvalue weighted by Gasteiger charge is -2.14. The Hall–Kier alpha value is -2.39. The SMILES string of the molecule is Cc1nc(-c2cccc(NS(=O)(=O)c3ccccc3C(F)(F)F)c2)cs1. The van der Waals surface area contributed by atoms with E-state index in [1.165, 1.54) is 29.5 Å². The molecule has 3 aromatic rings. The predicted molar refractivity (Wildman–Crippen MR) is 94.5 cm³/mol. The Morgan fingerprint density at radius 3 is 2.46 bits per heavy atom. The molecule has 2 aromatic carbocycles. The molecule has 0 atom stereocenters. The largest absolute Gasteiger partial charge is 0.417 e. The fourth-order valence-electron chi connectivity index (χ4n) is 2.38. The minimum atomic E-state index is -4.77. The molecule has 4 nitrogen and oxygen atoms in total. The predicted octanol–water partition coefficient (Wildman–Crippen LogP) is 4.94. The minimum absolute atomic E-state index is 0.158. The maximum Gasteiger partial charge on any atom is 0.417 e. The van der Waals surface area contributed by atoms with Gasteiger partial charge in [0.1, 0.15) is 0 Å². The van der Waals surface area contributed by atoms with E-state index in [-0.39, 0.29) is 5.69 Å². The number of nitrogens with one attached hydrogen (secondary N) is 1. The zero-order valence-corrected chi connectivity index (χ0v) is 15.0. The van der Waals surface area contributed by atoms with E-state index in [2.05, 4.69) is 9.71 Å². The molecule has 0 amide bonds. The second kappa shape index (κ2) is 6.73. The minimum Gasteiger partial charge on any atom is -0.280 e. The van der Waals surface area contributed by atoms with Crippen molar-refractivity contribution in [2.45, 2.75) is 18.0 Å². The molecular formula is C17H13F3N2O2S2. The number of alkyl halides is 3. The van der Waals surface area contributed by atoms with E-state index in [4.69, 9.17) is 0 Å². The molecule has 136 valence electrons. The van der Waals surface area contributed by atoms with Gasteiger partial charge in [0.15, 0.2) is 0 Å². The maximum atomic E-state index is 13.1. The third kappa shape index (κ3) is 3.88. The van der Waals surface area contributed by atoms with Crippen molar-refractivity contribution in [1.82, 2.24) is 4.98 Å². The van der Waals surface area contributed by atoms with Crippen LogP contribution in [0.2, 0.25) is 0 Å². The van der Waals surface area contributed by atoms with E-state index in [1.807, 2.05) is 12.3 Å². The topological polar surface area (TPSA) is 59.1 Å². The number of benzene rings is 2. The lowest BCUT2D eigenvalue weighted by molar-refractivity contribution is -0.139. The van der Waals surface area contributed by atoms with Gasteiger partial charge in [0.25, 0.3) is 10.0 Å². The van der Waals surface area contributed by atoms with Gasteiger partial charge in [-0.25, -0.2) is 13.4 Å². The summed E-state index contributed by atoms with van der Waals surface area (Å²) < 4.78 is 66.5. The van der Waals surface area contributed by atoms with E-state index in [0.717, 1.165) is 23.2 Å². The van der Waals surface area contributed by atoms with Gasteiger partial charge in [0.2, 0.25) is 0 Å². The first-order chi connectivity index (χ1) is 12.2. The van der Waals surface area contributed by atoms with Gasteiger partial charge in [0, 0.05) is 16.6 Å². The molecule has 0 aliphatic carbocycles. The second-order valence-electron chi connectivity index (χ2n) is 5.43. The van der Waals surface area contributed by atoms with E-state index in [1.54, 1.807) is 12.1 Å². The van der Waals surface area contributed by atoms with Crippen LogP contribution in [0.1, 0.15) is 10.6 Å². The van der Waals surface area contributed by atoms with Gasteiger partial charge in [-0.2, -0.15) is 13.2 Å². The molecule has 0 saturated heterocycles. The molecular weight excluding hydrogens is 385 g/mol. The molecule has 26 heavy (non-hydrogen) atoms. The lowest BCUT2D eigenvalue weighted by atomic mass is 10.1. The number of anilines is 1. The third-order valence-electron chi connectivity index (χ3n) is 3.51. The summed E-state index contributed by atoms with van der Waals surface area (Å²) in [5.74, 6) is 0. The summed E-state index contributed by atoms with van der Waals surface area (Å²) in [7, 11) is -4.41. The number of aryl methyl sites for hydroxylation is 1. The van der Waals surface area contributed by atoms with E-state index in [0.29, 0.717) is 11.3 Å². The fourth-order valence-corrected chi connectivity index (χ4v) is 4.28. The molecule has 3 rings (SSSR count). The molecule has 9 heteroatoms. The van der Waals surface area contributed by atoms with Crippen molar-refractivity contribution < 1.29 is 21.6 Å². The molecule has 1 heterocycles. The standard InChI is InChI=1S/C17H13F3N2O2S2/c1-11-21-15(10-25-11)12-5-4-6-13(9-12)22-26(23,24)16-8-3-2-7-14(16)17(18,19)20/h2-10,22H,1H3. The molecule has 0 bridgehead atoms. The normalized spacial score (nSPS) is 12.2.